The molecule has 1 N–H and O–H groups in total. The number of aromatic nitrogens is 3. The zero-order valence-corrected chi connectivity index (χ0v) is 15.1. The molecule has 2 aromatic rings. The zero-order chi connectivity index (χ0) is 17.8. The van der Waals surface area contributed by atoms with Crippen molar-refractivity contribution in [3.63, 3.8) is 0 Å². The predicted molar refractivity (Wildman–Crippen MR) is 94.0 cm³/mol. The summed E-state index contributed by atoms with van der Waals surface area (Å²) in [5.74, 6) is 0.0504. The molecule has 0 saturated carbocycles. The highest BCUT2D eigenvalue weighted by Crippen LogP contribution is 2.31. The van der Waals surface area contributed by atoms with Gasteiger partial charge in [-0.15, -0.1) is 11.3 Å². The number of carbonyl (C=O) groups excluding carboxylic acids is 2. The first-order valence-electron chi connectivity index (χ1n) is 7.67. The van der Waals surface area contributed by atoms with Crippen LogP contribution in [0.1, 0.15) is 25.1 Å². The van der Waals surface area contributed by atoms with Crippen LogP contribution >= 0.6 is 23.1 Å². The van der Waals surface area contributed by atoms with E-state index in [0.29, 0.717) is 28.3 Å². The maximum Gasteiger partial charge on any atom is 0.311 e. The third-order valence-electron chi connectivity index (χ3n) is 3.47. The van der Waals surface area contributed by atoms with Gasteiger partial charge in [0.1, 0.15) is 0 Å². The van der Waals surface area contributed by atoms with Crippen LogP contribution in [0.15, 0.2) is 27.6 Å². The lowest BCUT2D eigenvalue weighted by molar-refractivity contribution is -0.142. The van der Waals surface area contributed by atoms with E-state index in [9.17, 15) is 14.4 Å². The number of amides is 1. The molecule has 0 radical (unpaired) electrons. The summed E-state index contributed by atoms with van der Waals surface area (Å²) < 4.78 is 6.42. The van der Waals surface area contributed by atoms with E-state index in [1.54, 1.807) is 16.9 Å². The number of fused-ring (bicyclic) bond motifs is 1. The first-order valence-corrected chi connectivity index (χ1v) is 9.53. The minimum absolute atomic E-state index is 0.0773. The van der Waals surface area contributed by atoms with Crippen molar-refractivity contribution >= 4 is 40.1 Å². The Balaban J connectivity index is 1.59. The number of nitrogens with zero attached hydrogens (tertiary/aromatic N) is 3. The Morgan fingerprint density at radius 2 is 2.32 bits per heavy atom. The summed E-state index contributed by atoms with van der Waals surface area (Å²) in [5.41, 5.74) is 0.403. The quantitative estimate of drug-likeness (QED) is 0.598. The van der Waals surface area contributed by atoms with Gasteiger partial charge in [0.2, 0.25) is 5.91 Å². The number of anilines is 1. The van der Waals surface area contributed by atoms with Gasteiger partial charge in [-0.25, -0.2) is 9.97 Å². The molecule has 0 bridgehead atoms. The van der Waals surface area contributed by atoms with Crippen molar-refractivity contribution in [2.24, 2.45) is 0 Å². The fourth-order valence-electron chi connectivity index (χ4n) is 2.43. The summed E-state index contributed by atoms with van der Waals surface area (Å²) in [6.45, 7) is 2.06. The van der Waals surface area contributed by atoms with Crippen molar-refractivity contribution in [2.75, 3.05) is 17.7 Å². The largest absolute Gasteiger partial charge is 0.466 e. The highest BCUT2D eigenvalue weighted by Gasteiger charge is 2.27. The molecule has 0 fully saturated rings. The van der Waals surface area contributed by atoms with Crippen LogP contribution in [-0.4, -0.2) is 38.8 Å². The molecule has 0 saturated heterocycles. The number of hydrogen-bond acceptors (Lipinski definition) is 8. The van der Waals surface area contributed by atoms with E-state index >= 15 is 0 Å². The molecule has 25 heavy (non-hydrogen) atoms. The molecule has 1 atom stereocenters. The molecule has 0 aromatic carbocycles. The molecular weight excluding hydrogens is 364 g/mol. The summed E-state index contributed by atoms with van der Waals surface area (Å²) in [5, 5.41) is 5.49. The number of ether oxygens (including phenoxy) is 1. The highest BCUT2D eigenvalue weighted by atomic mass is 32.2. The summed E-state index contributed by atoms with van der Waals surface area (Å²) in [4.78, 5) is 44.0. The third-order valence-corrected chi connectivity index (χ3v) is 5.38. The second-order valence-electron chi connectivity index (χ2n) is 5.28. The van der Waals surface area contributed by atoms with Crippen molar-refractivity contribution < 1.29 is 14.3 Å². The first kappa shape index (κ1) is 17.6. The standard InChI is InChI=1S/C15H16N4O4S2/c1-2-23-13(22)5-9-7-24-14(17-9)18-11(20)6-10-8-25-15-16-4-3-12(21)19(10)15/h3-4,7,10H,2,5-6,8H2,1H3,(H,17,18,20). The minimum atomic E-state index is -0.350. The molecule has 3 rings (SSSR count). The van der Waals surface area contributed by atoms with Gasteiger partial charge < -0.3 is 10.1 Å². The molecule has 2 aromatic heterocycles. The van der Waals surface area contributed by atoms with Crippen molar-refractivity contribution in [2.45, 2.75) is 31.0 Å². The minimum Gasteiger partial charge on any atom is -0.466 e. The third kappa shape index (κ3) is 4.26. The second kappa shape index (κ2) is 7.79. The SMILES string of the molecule is CCOC(=O)Cc1csc(NC(=O)CC2CSc3nccc(=O)n32)n1. The van der Waals surface area contributed by atoms with E-state index in [4.69, 9.17) is 4.74 Å². The Kier molecular flexibility index (Phi) is 5.49. The van der Waals surface area contributed by atoms with E-state index < -0.39 is 0 Å². The topological polar surface area (TPSA) is 103 Å². The normalized spacial score (nSPS) is 15.6. The molecule has 1 aliphatic heterocycles. The Morgan fingerprint density at radius 3 is 3.12 bits per heavy atom. The fraction of sp³-hybridized carbons (Fsp3) is 0.400. The van der Waals surface area contributed by atoms with Gasteiger partial charge in [0.25, 0.3) is 5.56 Å². The molecule has 3 heterocycles. The summed E-state index contributed by atoms with van der Waals surface area (Å²) >= 11 is 2.71. The van der Waals surface area contributed by atoms with Crippen LogP contribution in [-0.2, 0) is 20.7 Å². The number of thiazole rings is 1. The van der Waals surface area contributed by atoms with Crippen molar-refractivity contribution in [3.05, 3.63) is 33.7 Å². The molecule has 8 nitrogen and oxygen atoms in total. The molecular formula is C15H16N4O4S2. The van der Waals surface area contributed by atoms with Crippen LogP contribution in [0.25, 0.3) is 0 Å². The van der Waals surface area contributed by atoms with Gasteiger partial charge in [-0.3, -0.25) is 19.0 Å². The van der Waals surface area contributed by atoms with Crippen LogP contribution in [0, 0.1) is 0 Å². The van der Waals surface area contributed by atoms with Gasteiger partial charge >= 0.3 is 5.97 Å². The highest BCUT2D eigenvalue weighted by molar-refractivity contribution is 7.99. The molecule has 1 amide bonds. The van der Waals surface area contributed by atoms with Crippen molar-refractivity contribution in [1.82, 2.24) is 14.5 Å². The fourth-order valence-corrected chi connectivity index (χ4v) is 4.28. The Morgan fingerprint density at radius 1 is 1.48 bits per heavy atom. The lowest BCUT2D eigenvalue weighted by atomic mass is 10.2. The van der Waals surface area contributed by atoms with Crippen LogP contribution in [0.3, 0.4) is 0 Å². The smallest absolute Gasteiger partial charge is 0.311 e. The first-order chi connectivity index (χ1) is 12.1. The average molecular weight is 380 g/mol. The average Bonchev–Trinajstić information content (AvgIpc) is 3.15. The lowest BCUT2D eigenvalue weighted by Gasteiger charge is -2.11. The Bertz CT molecular complexity index is 848. The van der Waals surface area contributed by atoms with Crippen LogP contribution < -0.4 is 10.9 Å². The van der Waals surface area contributed by atoms with Gasteiger partial charge in [0.05, 0.1) is 24.8 Å². The van der Waals surface area contributed by atoms with Gasteiger partial charge in [-0.05, 0) is 6.92 Å². The van der Waals surface area contributed by atoms with E-state index in [1.807, 2.05) is 0 Å². The van der Waals surface area contributed by atoms with Gasteiger partial charge in [-0.1, -0.05) is 11.8 Å². The summed E-state index contributed by atoms with van der Waals surface area (Å²) in [7, 11) is 0. The predicted octanol–water partition coefficient (Wildman–Crippen LogP) is 1.48. The molecule has 0 spiro atoms. The summed E-state index contributed by atoms with van der Waals surface area (Å²) in [6.07, 6.45) is 1.72. The molecule has 132 valence electrons. The number of esters is 1. The Labute approximate surface area is 151 Å². The monoisotopic (exact) mass is 380 g/mol. The van der Waals surface area contributed by atoms with Crippen molar-refractivity contribution in [3.8, 4) is 0 Å². The molecule has 0 aliphatic carbocycles. The number of hydrogen-bond donors (Lipinski definition) is 1. The lowest BCUT2D eigenvalue weighted by Crippen LogP contribution is -2.26. The van der Waals surface area contributed by atoms with Gasteiger partial charge in [-0.2, -0.15) is 0 Å². The maximum absolute atomic E-state index is 12.2. The molecule has 10 heteroatoms. The zero-order valence-electron chi connectivity index (χ0n) is 13.4. The number of thioether (sulfide) groups is 1. The van der Waals surface area contributed by atoms with E-state index in [-0.39, 0.29) is 36.3 Å². The number of carbonyl (C=O) groups is 2. The molecule has 1 unspecified atom stereocenters. The summed E-state index contributed by atoms with van der Waals surface area (Å²) in [6, 6.07) is 1.17. The van der Waals surface area contributed by atoms with Gasteiger partial charge in [0, 0.05) is 29.8 Å². The second-order valence-corrected chi connectivity index (χ2v) is 7.12. The number of rotatable bonds is 6. The van der Waals surface area contributed by atoms with E-state index in [0.717, 1.165) is 0 Å². The Hall–Kier alpha value is -2.20. The van der Waals surface area contributed by atoms with Crippen molar-refractivity contribution in [1.29, 1.82) is 0 Å². The van der Waals surface area contributed by atoms with Gasteiger partial charge in [0.15, 0.2) is 10.3 Å². The van der Waals surface area contributed by atoms with Crippen LogP contribution in [0.5, 0.6) is 0 Å². The number of nitrogens with one attached hydrogen (secondary N) is 1. The van der Waals surface area contributed by atoms with E-state index in [1.165, 1.54) is 35.4 Å². The maximum atomic E-state index is 12.2. The van der Waals surface area contributed by atoms with Crippen LogP contribution in [0.4, 0.5) is 5.13 Å². The molecule has 1 aliphatic rings. The van der Waals surface area contributed by atoms with Crippen LogP contribution in [0.2, 0.25) is 0 Å². The van der Waals surface area contributed by atoms with E-state index in [2.05, 4.69) is 15.3 Å².